The van der Waals surface area contributed by atoms with Gasteiger partial charge in [0.15, 0.2) is 0 Å². The van der Waals surface area contributed by atoms with Crippen LogP contribution in [0.25, 0.3) is 0 Å². The van der Waals surface area contributed by atoms with Crippen molar-refractivity contribution in [3.8, 4) is 0 Å². The van der Waals surface area contributed by atoms with Gasteiger partial charge in [-0.15, -0.1) is 0 Å². The lowest BCUT2D eigenvalue weighted by molar-refractivity contribution is -0.120. The molecule has 2 aromatic rings. The van der Waals surface area contributed by atoms with Gasteiger partial charge in [-0.2, -0.15) is 0 Å². The molecule has 1 aromatic heterocycles. The number of carbonyl (C=O) groups excluding carboxylic acids is 2. The lowest BCUT2D eigenvalue weighted by Crippen LogP contribution is -2.41. The topological polar surface area (TPSA) is 78.4 Å². The van der Waals surface area contributed by atoms with Gasteiger partial charge in [-0.05, 0) is 37.5 Å². The van der Waals surface area contributed by atoms with Crippen LogP contribution < -0.4 is 15.1 Å². The molecule has 0 radical (unpaired) electrons. The first-order chi connectivity index (χ1) is 13.2. The second kappa shape index (κ2) is 7.73. The maximum Gasteiger partial charge on any atom is 0.229 e. The number of amides is 2. The van der Waals surface area contributed by atoms with Crippen molar-refractivity contribution >= 4 is 29.1 Å². The molecule has 2 aliphatic rings. The Morgan fingerprint density at radius 3 is 2.67 bits per heavy atom. The average Bonchev–Trinajstić information content (AvgIpc) is 3.15. The quantitative estimate of drug-likeness (QED) is 0.900. The Labute approximate surface area is 158 Å². The third-order valence-corrected chi connectivity index (χ3v) is 5.15. The fourth-order valence-electron chi connectivity index (χ4n) is 3.78. The summed E-state index contributed by atoms with van der Waals surface area (Å²) in [6.45, 7) is 2.15. The number of piperidine rings is 1. The second-order valence-electron chi connectivity index (χ2n) is 6.99. The van der Waals surface area contributed by atoms with Gasteiger partial charge in [-0.3, -0.25) is 9.59 Å². The van der Waals surface area contributed by atoms with Crippen LogP contribution in [-0.2, 0) is 9.59 Å². The van der Waals surface area contributed by atoms with Crippen molar-refractivity contribution in [3.63, 3.8) is 0 Å². The van der Waals surface area contributed by atoms with Crippen molar-refractivity contribution in [2.75, 3.05) is 34.8 Å². The number of benzene rings is 1. The molecule has 0 spiro atoms. The molecule has 1 aromatic carbocycles. The SMILES string of the molecule is O=C(Nc1ccccc1N1CCCC1=O)C1CCCN(c2ncccn2)C1. The first kappa shape index (κ1) is 17.5. The molecule has 1 atom stereocenters. The minimum atomic E-state index is -0.134. The summed E-state index contributed by atoms with van der Waals surface area (Å²) in [6, 6.07) is 9.31. The molecule has 27 heavy (non-hydrogen) atoms. The zero-order chi connectivity index (χ0) is 18.6. The van der Waals surface area contributed by atoms with E-state index in [4.69, 9.17) is 0 Å². The summed E-state index contributed by atoms with van der Waals surface area (Å²) in [5.41, 5.74) is 1.48. The van der Waals surface area contributed by atoms with Crippen LogP contribution >= 0.6 is 0 Å². The third-order valence-electron chi connectivity index (χ3n) is 5.15. The summed E-state index contributed by atoms with van der Waals surface area (Å²) >= 11 is 0. The molecule has 3 heterocycles. The average molecular weight is 365 g/mol. The van der Waals surface area contributed by atoms with Crippen molar-refractivity contribution < 1.29 is 9.59 Å². The van der Waals surface area contributed by atoms with Gasteiger partial charge in [-0.25, -0.2) is 9.97 Å². The summed E-state index contributed by atoms with van der Waals surface area (Å²) in [4.78, 5) is 37.4. The minimum absolute atomic E-state index is 0.0188. The molecule has 2 amide bonds. The number of aromatic nitrogens is 2. The highest BCUT2D eigenvalue weighted by Gasteiger charge is 2.29. The van der Waals surface area contributed by atoms with Gasteiger partial charge in [0.25, 0.3) is 0 Å². The van der Waals surface area contributed by atoms with Gasteiger partial charge < -0.3 is 15.1 Å². The van der Waals surface area contributed by atoms with E-state index in [0.717, 1.165) is 31.5 Å². The summed E-state index contributed by atoms with van der Waals surface area (Å²) < 4.78 is 0. The molecule has 140 valence electrons. The fraction of sp³-hybridized carbons (Fsp3) is 0.400. The van der Waals surface area contributed by atoms with Crippen molar-refractivity contribution in [2.45, 2.75) is 25.7 Å². The van der Waals surface area contributed by atoms with E-state index in [-0.39, 0.29) is 17.7 Å². The molecule has 2 fully saturated rings. The lowest BCUT2D eigenvalue weighted by atomic mass is 9.97. The molecule has 7 heteroatoms. The first-order valence-electron chi connectivity index (χ1n) is 9.44. The molecule has 0 aliphatic carbocycles. The Hall–Kier alpha value is -2.96. The van der Waals surface area contributed by atoms with Crippen LogP contribution in [0.2, 0.25) is 0 Å². The van der Waals surface area contributed by atoms with Crippen LogP contribution in [0.1, 0.15) is 25.7 Å². The van der Waals surface area contributed by atoms with E-state index < -0.39 is 0 Å². The van der Waals surface area contributed by atoms with Crippen molar-refractivity contribution in [3.05, 3.63) is 42.7 Å². The van der Waals surface area contributed by atoms with Gasteiger partial charge >= 0.3 is 0 Å². The number of carbonyl (C=O) groups is 2. The van der Waals surface area contributed by atoms with E-state index in [1.807, 2.05) is 24.3 Å². The monoisotopic (exact) mass is 365 g/mol. The van der Waals surface area contributed by atoms with Crippen LogP contribution in [0.15, 0.2) is 42.7 Å². The number of para-hydroxylation sites is 2. The highest BCUT2D eigenvalue weighted by Crippen LogP contribution is 2.30. The lowest BCUT2D eigenvalue weighted by Gasteiger charge is -2.32. The van der Waals surface area contributed by atoms with E-state index in [1.165, 1.54) is 0 Å². The van der Waals surface area contributed by atoms with Gasteiger partial charge in [0.2, 0.25) is 17.8 Å². The van der Waals surface area contributed by atoms with Gasteiger partial charge in [0.05, 0.1) is 17.3 Å². The minimum Gasteiger partial charge on any atom is -0.340 e. The maximum absolute atomic E-state index is 12.9. The molecular weight excluding hydrogens is 342 g/mol. The molecule has 0 bridgehead atoms. The predicted octanol–water partition coefficient (Wildman–Crippen LogP) is 2.46. The Morgan fingerprint density at radius 1 is 1.07 bits per heavy atom. The number of anilines is 3. The van der Waals surface area contributed by atoms with E-state index in [2.05, 4.69) is 20.2 Å². The zero-order valence-electron chi connectivity index (χ0n) is 15.2. The van der Waals surface area contributed by atoms with E-state index in [0.29, 0.717) is 31.1 Å². The first-order valence-corrected chi connectivity index (χ1v) is 9.44. The summed E-state index contributed by atoms with van der Waals surface area (Å²) in [7, 11) is 0. The zero-order valence-corrected chi connectivity index (χ0v) is 15.2. The van der Waals surface area contributed by atoms with Gasteiger partial charge in [-0.1, -0.05) is 12.1 Å². The molecule has 4 rings (SSSR count). The summed E-state index contributed by atoms with van der Waals surface area (Å²) in [6.07, 6.45) is 6.61. The number of hydrogen-bond donors (Lipinski definition) is 1. The molecule has 0 saturated carbocycles. The predicted molar refractivity (Wildman–Crippen MR) is 104 cm³/mol. The van der Waals surface area contributed by atoms with Crippen molar-refractivity contribution in [1.82, 2.24) is 9.97 Å². The van der Waals surface area contributed by atoms with Crippen LogP contribution in [0, 0.1) is 5.92 Å². The molecule has 1 N–H and O–H groups in total. The highest BCUT2D eigenvalue weighted by molar-refractivity contribution is 6.02. The van der Waals surface area contributed by atoms with Crippen LogP contribution in [-0.4, -0.2) is 41.4 Å². The number of rotatable bonds is 4. The number of hydrogen-bond acceptors (Lipinski definition) is 5. The number of nitrogens with zero attached hydrogens (tertiary/aromatic N) is 4. The highest BCUT2D eigenvalue weighted by atomic mass is 16.2. The van der Waals surface area contributed by atoms with E-state index in [1.54, 1.807) is 23.4 Å². The smallest absolute Gasteiger partial charge is 0.229 e. The Balaban J connectivity index is 1.47. The molecule has 1 unspecified atom stereocenters. The van der Waals surface area contributed by atoms with Crippen LogP contribution in [0.3, 0.4) is 0 Å². The van der Waals surface area contributed by atoms with Gasteiger partial charge in [0.1, 0.15) is 0 Å². The van der Waals surface area contributed by atoms with Crippen LogP contribution in [0.4, 0.5) is 17.3 Å². The molecule has 2 saturated heterocycles. The summed E-state index contributed by atoms with van der Waals surface area (Å²) in [5, 5.41) is 3.05. The van der Waals surface area contributed by atoms with Crippen LogP contribution in [0.5, 0.6) is 0 Å². The molecule has 7 nitrogen and oxygen atoms in total. The third kappa shape index (κ3) is 3.77. The summed E-state index contributed by atoms with van der Waals surface area (Å²) in [5.74, 6) is 0.624. The Morgan fingerprint density at radius 2 is 1.89 bits per heavy atom. The fourth-order valence-corrected chi connectivity index (χ4v) is 3.78. The second-order valence-corrected chi connectivity index (χ2v) is 6.99. The Bertz CT molecular complexity index is 826. The molecular formula is C20H23N5O2. The molecule has 2 aliphatic heterocycles. The van der Waals surface area contributed by atoms with Gasteiger partial charge in [0, 0.05) is 38.4 Å². The Kier molecular flexibility index (Phi) is 5.00. The standard InChI is InChI=1S/C20H23N5O2/c26-18-9-4-13-25(18)17-8-2-1-7-16(17)23-19(27)15-6-3-12-24(14-15)20-21-10-5-11-22-20/h1-2,5,7-8,10-11,15H,3-4,6,9,12-14H2,(H,23,27). The normalized spacial score (nSPS) is 20.0. The van der Waals surface area contributed by atoms with Crippen molar-refractivity contribution in [1.29, 1.82) is 0 Å². The van der Waals surface area contributed by atoms with E-state index in [9.17, 15) is 9.59 Å². The largest absolute Gasteiger partial charge is 0.340 e. The number of nitrogens with one attached hydrogen (secondary N) is 1. The maximum atomic E-state index is 12.9. The van der Waals surface area contributed by atoms with E-state index >= 15 is 0 Å². The van der Waals surface area contributed by atoms with Crippen molar-refractivity contribution in [2.24, 2.45) is 5.92 Å².